The van der Waals surface area contributed by atoms with Crippen LogP contribution in [0.15, 0.2) is 29.3 Å². The van der Waals surface area contributed by atoms with Crippen LogP contribution in [0.1, 0.15) is 38.2 Å². The Morgan fingerprint density at radius 1 is 1.33 bits per heavy atom. The molecule has 3 rings (SSSR count). The van der Waals surface area contributed by atoms with E-state index in [-0.39, 0.29) is 17.9 Å². The molecule has 6 heteroatoms. The van der Waals surface area contributed by atoms with Gasteiger partial charge in [0.15, 0.2) is 5.96 Å². The van der Waals surface area contributed by atoms with Crippen LogP contribution in [-0.4, -0.2) is 37.5 Å². The van der Waals surface area contributed by atoms with E-state index in [1.54, 1.807) is 0 Å². The third kappa shape index (κ3) is 4.63. The average Bonchev–Trinajstić information content (AvgIpc) is 3.46. The Morgan fingerprint density at radius 3 is 2.75 bits per heavy atom. The molecule has 5 nitrogen and oxygen atoms in total. The van der Waals surface area contributed by atoms with Gasteiger partial charge >= 0.3 is 0 Å². The lowest BCUT2D eigenvalue weighted by molar-refractivity contribution is -0.119. The number of benzene rings is 1. The molecule has 1 amide bonds. The largest absolute Gasteiger partial charge is 0.357 e. The lowest BCUT2D eigenvalue weighted by atomic mass is 9.96. The average molecular weight is 349 g/mol. The van der Waals surface area contributed by atoms with Crippen molar-refractivity contribution in [2.24, 2.45) is 4.99 Å². The molecule has 0 aliphatic heterocycles. The Labute approximate surface area is 148 Å². The van der Waals surface area contributed by atoms with Gasteiger partial charge in [-0.15, -0.1) is 0 Å². The minimum Gasteiger partial charge on any atom is -0.357 e. The van der Waals surface area contributed by atoms with Crippen LogP contribution < -0.4 is 16.0 Å². The van der Waals surface area contributed by atoms with Crippen LogP contribution in [0.4, 0.5) is 0 Å². The molecule has 24 heavy (non-hydrogen) atoms. The summed E-state index contributed by atoms with van der Waals surface area (Å²) in [6, 6.07) is 8.45. The molecule has 0 heterocycles. The fourth-order valence-corrected chi connectivity index (χ4v) is 2.97. The van der Waals surface area contributed by atoms with Gasteiger partial charge in [0.2, 0.25) is 5.91 Å². The Kier molecular flexibility index (Phi) is 5.29. The SMILES string of the molecule is CCNC(=NCC(=O)NC1CC1)NCC1(c2cccc(Cl)c2)CC1. The zero-order chi connectivity index (χ0) is 17.0. The predicted molar refractivity (Wildman–Crippen MR) is 97.5 cm³/mol. The number of rotatable bonds is 7. The molecule has 2 aliphatic carbocycles. The molecule has 2 aliphatic rings. The number of hydrogen-bond acceptors (Lipinski definition) is 2. The van der Waals surface area contributed by atoms with E-state index in [9.17, 15) is 4.79 Å². The van der Waals surface area contributed by atoms with E-state index in [4.69, 9.17) is 11.6 Å². The summed E-state index contributed by atoms with van der Waals surface area (Å²) in [5.41, 5.74) is 1.40. The molecular weight excluding hydrogens is 324 g/mol. The maximum absolute atomic E-state index is 11.8. The van der Waals surface area contributed by atoms with E-state index < -0.39 is 0 Å². The first-order valence-electron chi connectivity index (χ1n) is 8.69. The molecule has 2 fully saturated rings. The molecule has 1 aromatic carbocycles. The first kappa shape index (κ1) is 17.1. The number of carbonyl (C=O) groups excluding carboxylic acids is 1. The Balaban J connectivity index is 1.56. The van der Waals surface area contributed by atoms with Crippen LogP contribution in [0.2, 0.25) is 5.02 Å². The quantitative estimate of drug-likeness (QED) is 0.523. The Hall–Kier alpha value is -1.75. The highest BCUT2D eigenvalue weighted by Crippen LogP contribution is 2.48. The second kappa shape index (κ2) is 7.43. The van der Waals surface area contributed by atoms with Gasteiger partial charge < -0.3 is 16.0 Å². The van der Waals surface area contributed by atoms with Crippen LogP contribution in [0.5, 0.6) is 0 Å². The Bertz CT molecular complexity index is 623. The van der Waals surface area contributed by atoms with Gasteiger partial charge in [-0.2, -0.15) is 0 Å². The maximum Gasteiger partial charge on any atom is 0.242 e. The van der Waals surface area contributed by atoms with E-state index in [1.165, 1.54) is 5.56 Å². The minimum absolute atomic E-state index is 0.00863. The molecule has 1 aromatic rings. The first-order chi connectivity index (χ1) is 11.6. The molecule has 0 atom stereocenters. The van der Waals surface area contributed by atoms with E-state index >= 15 is 0 Å². The smallest absolute Gasteiger partial charge is 0.242 e. The van der Waals surface area contributed by atoms with Crippen molar-refractivity contribution in [3.05, 3.63) is 34.9 Å². The fourth-order valence-electron chi connectivity index (χ4n) is 2.78. The molecule has 0 spiro atoms. The lowest BCUT2D eigenvalue weighted by Crippen LogP contribution is -2.42. The van der Waals surface area contributed by atoms with Crippen molar-refractivity contribution in [1.82, 2.24) is 16.0 Å². The zero-order valence-electron chi connectivity index (χ0n) is 14.1. The minimum atomic E-state index is -0.00863. The van der Waals surface area contributed by atoms with E-state index in [1.807, 2.05) is 25.1 Å². The van der Waals surface area contributed by atoms with Gasteiger partial charge in [-0.1, -0.05) is 23.7 Å². The standard InChI is InChI=1S/C18H25ClN4O/c1-2-20-17(21-11-16(24)23-15-6-7-15)22-12-18(8-9-18)13-4-3-5-14(19)10-13/h3-5,10,15H,2,6-9,11-12H2,1H3,(H,23,24)(H2,20,21,22). The first-order valence-corrected chi connectivity index (χ1v) is 9.07. The van der Waals surface area contributed by atoms with Crippen LogP contribution in [0.3, 0.4) is 0 Å². The van der Waals surface area contributed by atoms with Crippen molar-refractivity contribution in [1.29, 1.82) is 0 Å². The Morgan fingerprint density at radius 2 is 2.12 bits per heavy atom. The predicted octanol–water partition coefficient (Wildman–Crippen LogP) is 2.21. The van der Waals surface area contributed by atoms with Crippen LogP contribution in [0, 0.1) is 0 Å². The number of nitrogens with zero attached hydrogens (tertiary/aromatic N) is 1. The number of aliphatic imine (C=N–C) groups is 1. The number of hydrogen-bond donors (Lipinski definition) is 3. The van der Waals surface area contributed by atoms with Crippen molar-refractivity contribution in [2.45, 2.75) is 44.1 Å². The van der Waals surface area contributed by atoms with Crippen LogP contribution in [-0.2, 0) is 10.2 Å². The number of carbonyl (C=O) groups is 1. The molecular formula is C18H25ClN4O. The normalized spacial score (nSPS) is 18.8. The van der Waals surface area contributed by atoms with Crippen LogP contribution in [0.25, 0.3) is 0 Å². The van der Waals surface area contributed by atoms with Gasteiger partial charge in [-0.3, -0.25) is 4.79 Å². The summed E-state index contributed by atoms with van der Waals surface area (Å²) in [6.07, 6.45) is 4.47. The monoisotopic (exact) mass is 348 g/mol. The van der Waals surface area contributed by atoms with Gasteiger partial charge in [0, 0.05) is 29.6 Å². The number of halogens is 1. The molecule has 0 saturated heterocycles. The van der Waals surface area contributed by atoms with E-state index in [0.717, 1.165) is 43.8 Å². The summed E-state index contributed by atoms with van der Waals surface area (Å²) in [6.45, 7) is 3.74. The molecule has 130 valence electrons. The van der Waals surface area contributed by atoms with Gasteiger partial charge in [0.25, 0.3) is 0 Å². The lowest BCUT2D eigenvalue weighted by Gasteiger charge is -2.19. The van der Waals surface area contributed by atoms with Crippen molar-refractivity contribution in [3.63, 3.8) is 0 Å². The van der Waals surface area contributed by atoms with Crippen molar-refractivity contribution >= 4 is 23.5 Å². The van der Waals surface area contributed by atoms with E-state index in [2.05, 4.69) is 27.0 Å². The van der Waals surface area contributed by atoms with Crippen molar-refractivity contribution in [2.75, 3.05) is 19.6 Å². The van der Waals surface area contributed by atoms with Crippen molar-refractivity contribution in [3.8, 4) is 0 Å². The fraction of sp³-hybridized carbons (Fsp3) is 0.556. The van der Waals surface area contributed by atoms with Gasteiger partial charge in [0.1, 0.15) is 6.54 Å². The third-order valence-electron chi connectivity index (χ3n) is 4.55. The number of nitrogens with one attached hydrogen (secondary N) is 3. The highest BCUT2D eigenvalue weighted by molar-refractivity contribution is 6.30. The second-order valence-corrected chi connectivity index (χ2v) is 7.12. The highest BCUT2D eigenvalue weighted by atomic mass is 35.5. The summed E-state index contributed by atoms with van der Waals surface area (Å²) in [5.74, 6) is 0.683. The number of amides is 1. The van der Waals surface area contributed by atoms with Gasteiger partial charge in [-0.25, -0.2) is 4.99 Å². The summed E-state index contributed by atoms with van der Waals surface area (Å²) < 4.78 is 0. The summed E-state index contributed by atoms with van der Waals surface area (Å²) in [7, 11) is 0. The van der Waals surface area contributed by atoms with Gasteiger partial charge in [-0.05, 0) is 50.3 Å². The molecule has 2 saturated carbocycles. The summed E-state index contributed by atoms with van der Waals surface area (Å²) in [4.78, 5) is 16.2. The summed E-state index contributed by atoms with van der Waals surface area (Å²) >= 11 is 6.12. The molecule has 0 aromatic heterocycles. The van der Waals surface area contributed by atoms with Crippen molar-refractivity contribution < 1.29 is 4.79 Å². The van der Waals surface area contributed by atoms with E-state index in [0.29, 0.717) is 12.0 Å². The number of guanidine groups is 1. The van der Waals surface area contributed by atoms with Gasteiger partial charge in [0.05, 0.1) is 0 Å². The molecule has 3 N–H and O–H groups in total. The molecule has 0 unspecified atom stereocenters. The second-order valence-electron chi connectivity index (χ2n) is 6.68. The zero-order valence-corrected chi connectivity index (χ0v) is 14.8. The topological polar surface area (TPSA) is 65.5 Å². The van der Waals surface area contributed by atoms with Crippen LogP contribution >= 0.6 is 11.6 Å². The highest BCUT2D eigenvalue weighted by Gasteiger charge is 2.44. The summed E-state index contributed by atoms with van der Waals surface area (Å²) in [5, 5.41) is 10.3. The molecule has 0 radical (unpaired) electrons. The maximum atomic E-state index is 11.8. The molecule has 0 bridgehead atoms. The third-order valence-corrected chi connectivity index (χ3v) is 4.79.